The van der Waals surface area contributed by atoms with Crippen LogP contribution >= 0.6 is 15.9 Å². The Bertz CT molecular complexity index is 437. The third-order valence-corrected chi connectivity index (χ3v) is 2.54. The van der Waals surface area contributed by atoms with Crippen LogP contribution in [0.1, 0.15) is 6.42 Å². The molecule has 5 heteroatoms. The maximum Gasteiger partial charge on any atom is 0.113 e. The van der Waals surface area contributed by atoms with Crippen molar-refractivity contribution < 1.29 is 0 Å². The quantitative estimate of drug-likeness (QED) is 0.905. The number of aryl methyl sites for hydroxylation is 1. The van der Waals surface area contributed by atoms with E-state index in [4.69, 9.17) is 5.73 Å². The summed E-state index contributed by atoms with van der Waals surface area (Å²) in [6.07, 6.45) is 0.922. The van der Waals surface area contributed by atoms with Crippen LogP contribution in [0.3, 0.4) is 0 Å². The van der Waals surface area contributed by atoms with E-state index in [2.05, 4.69) is 26.2 Å². The number of halogens is 1. The minimum absolute atomic E-state index is 0.676. The molecule has 0 atom stereocenters. The maximum atomic E-state index is 5.45. The highest BCUT2D eigenvalue weighted by atomic mass is 79.9. The summed E-state index contributed by atoms with van der Waals surface area (Å²) in [5, 5.41) is 8.13. The van der Waals surface area contributed by atoms with Crippen molar-refractivity contribution in [1.82, 2.24) is 15.0 Å². The Labute approximate surface area is 90.2 Å². The van der Waals surface area contributed by atoms with Crippen molar-refractivity contribution in [1.29, 1.82) is 0 Å². The van der Waals surface area contributed by atoms with Gasteiger partial charge in [-0.2, -0.15) is 0 Å². The minimum Gasteiger partial charge on any atom is -0.330 e. The van der Waals surface area contributed by atoms with Crippen LogP contribution in [0, 0.1) is 0 Å². The molecule has 0 unspecified atom stereocenters. The van der Waals surface area contributed by atoms with E-state index in [1.54, 1.807) is 0 Å². The second-order valence-corrected chi connectivity index (χ2v) is 4.00. The van der Waals surface area contributed by atoms with Crippen LogP contribution in [0.2, 0.25) is 0 Å². The standard InChI is InChI=1S/C9H11BrN4/c10-7-2-3-8-9(6-7)14(13-12-8)5-1-4-11/h2-3,6H,1,4-5,11H2. The molecule has 0 bridgehead atoms. The van der Waals surface area contributed by atoms with Gasteiger partial charge in [0.25, 0.3) is 0 Å². The van der Waals surface area contributed by atoms with Crippen molar-refractivity contribution in [2.24, 2.45) is 5.73 Å². The molecule has 1 aromatic carbocycles. The molecule has 0 aliphatic heterocycles. The van der Waals surface area contributed by atoms with Gasteiger partial charge in [0.05, 0.1) is 5.52 Å². The summed E-state index contributed by atoms with van der Waals surface area (Å²) in [6, 6.07) is 5.93. The number of hydrogen-bond acceptors (Lipinski definition) is 3. The Morgan fingerprint density at radius 2 is 2.29 bits per heavy atom. The fraction of sp³-hybridized carbons (Fsp3) is 0.333. The van der Waals surface area contributed by atoms with Crippen LogP contribution in [-0.4, -0.2) is 21.5 Å². The lowest BCUT2D eigenvalue weighted by Crippen LogP contribution is -2.06. The molecule has 0 amide bonds. The smallest absolute Gasteiger partial charge is 0.113 e. The Balaban J connectivity index is 2.40. The lowest BCUT2D eigenvalue weighted by Gasteiger charge is -1.99. The molecular formula is C9H11BrN4. The van der Waals surface area contributed by atoms with E-state index in [0.717, 1.165) is 28.5 Å². The molecule has 1 heterocycles. The minimum atomic E-state index is 0.676. The van der Waals surface area contributed by atoms with Crippen LogP contribution in [0.15, 0.2) is 22.7 Å². The third kappa shape index (κ3) is 1.78. The van der Waals surface area contributed by atoms with Gasteiger partial charge in [0.1, 0.15) is 5.52 Å². The predicted octanol–water partition coefficient (Wildman–Crippen LogP) is 1.54. The molecule has 74 valence electrons. The van der Waals surface area contributed by atoms with E-state index in [9.17, 15) is 0 Å². The fourth-order valence-electron chi connectivity index (χ4n) is 1.34. The third-order valence-electron chi connectivity index (χ3n) is 2.05. The van der Waals surface area contributed by atoms with Gasteiger partial charge in [-0.1, -0.05) is 21.1 Å². The number of nitrogens with two attached hydrogens (primary N) is 1. The molecule has 2 N–H and O–H groups in total. The second-order valence-electron chi connectivity index (χ2n) is 3.09. The summed E-state index contributed by atoms with van der Waals surface area (Å²) in [5.41, 5.74) is 7.42. The van der Waals surface area contributed by atoms with Gasteiger partial charge in [-0.3, -0.25) is 0 Å². The average molecular weight is 255 g/mol. The highest BCUT2D eigenvalue weighted by molar-refractivity contribution is 9.10. The number of hydrogen-bond donors (Lipinski definition) is 1. The SMILES string of the molecule is NCCCn1nnc2ccc(Br)cc21. The van der Waals surface area contributed by atoms with E-state index < -0.39 is 0 Å². The Kier molecular flexibility index (Phi) is 2.79. The Hall–Kier alpha value is -0.940. The van der Waals surface area contributed by atoms with Crippen LogP contribution in [0.25, 0.3) is 11.0 Å². The van der Waals surface area contributed by atoms with Gasteiger partial charge in [-0.15, -0.1) is 5.10 Å². The van der Waals surface area contributed by atoms with Gasteiger partial charge in [-0.25, -0.2) is 4.68 Å². The summed E-state index contributed by atoms with van der Waals surface area (Å²) >= 11 is 3.43. The Morgan fingerprint density at radius 1 is 1.43 bits per heavy atom. The van der Waals surface area contributed by atoms with Crippen molar-refractivity contribution >= 4 is 27.0 Å². The van der Waals surface area contributed by atoms with Crippen LogP contribution < -0.4 is 5.73 Å². The monoisotopic (exact) mass is 254 g/mol. The van der Waals surface area contributed by atoms with Crippen molar-refractivity contribution in [3.8, 4) is 0 Å². The zero-order chi connectivity index (χ0) is 9.97. The lowest BCUT2D eigenvalue weighted by atomic mass is 10.3. The number of aromatic nitrogens is 3. The van der Waals surface area contributed by atoms with E-state index in [-0.39, 0.29) is 0 Å². The number of fused-ring (bicyclic) bond motifs is 1. The molecule has 0 fully saturated rings. The first kappa shape index (κ1) is 9.61. The molecule has 0 aliphatic rings. The first-order chi connectivity index (χ1) is 6.81. The molecule has 0 radical (unpaired) electrons. The normalized spacial score (nSPS) is 11.0. The van der Waals surface area contributed by atoms with Gasteiger partial charge in [-0.05, 0) is 31.2 Å². The largest absolute Gasteiger partial charge is 0.330 e. The molecule has 0 saturated carbocycles. The molecule has 2 aromatic rings. The lowest BCUT2D eigenvalue weighted by molar-refractivity contribution is 0.579. The average Bonchev–Trinajstić information content (AvgIpc) is 2.57. The van der Waals surface area contributed by atoms with Crippen LogP contribution in [0.5, 0.6) is 0 Å². The molecule has 14 heavy (non-hydrogen) atoms. The molecule has 0 saturated heterocycles. The topological polar surface area (TPSA) is 56.7 Å². The first-order valence-corrected chi connectivity index (χ1v) is 5.29. The first-order valence-electron chi connectivity index (χ1n) is 4.50. The molecule has 0 aliphatic carbocycles. The highest BCUT2D eigenvalue weighted by Crippen LogP contribution is 2.17. The van der Waals surface area contributed by atoms with E-state index in [0.29, 0.717) is 6.54 Å². The number of rotatable bonds is 3. The molecule has 2 rings (SSSR count). The van der Waals surface area contributed by atoms with Crippen molar-refractivity contribution in [3.63, 3.8) is 0 Å². The summed E-state index contributed by atoms with van der Waals surface area (Å²) < 4.78 is 2.92. The zero-order valence-electron chi connectivity index (χ0n) is 7.65. The number of nitrogens with zero attached hydrogens (tertiary/aromatic N) is 3. The second kappa shape index (κ2) is 4.06. The van der Waals surface area contributed by atoms with Gasteiger partial charge >= 0.3 is 0 Å². The summed E-state index contributed by atoms with van der Waals surface area (Å²) in [6.45, 7) is 1.50. The van der Waals surface area contributed by atoms with Crippen LogP contribution in [0.4, 0.5) is 0 Å². The van der Waals surface area contributed by atoms with E-state index >= 15 is 0 Å². The van der Waals surface area contributed by atoms with E-state index in [1.807, 2.05) is 22.9 Å². The predicted molar refractivity (Wildman–Crippen MR) is 58.9 cm³/mol. The molecule has 1 aromatic heterocycles. The molecular weight excluding hydrogens is 244 g/mol. The zero-order valence-corrected chi connectivity index (χ0v) is 9.24. The van der Waals surface area contributed by atoms with Crippen LogP contribution in [-0.2, 0) is 6.54 Å². The molecule has 0 spiro atoms. The summed E-state index contributed by atoms with van der Waals surface area (Å²) in [4.78, 5) is 0. The van der Waals surface area contributed by atoms with Crippen molar-refractivity contribution in [3.05, 3.63) is 22.7 Å². The summed E-state index contributed by atoms with van der Waals surface area (Å²) in [7, 11) is 0. The highest BCUT2D eigenvalue weighted by Gasteiger charge is 2.03. The van der Waals surface area contributed by atoms with Gasteiger partial charge in [0, 0.05) is 11.0 Å². The van der Waals surface area contributed by atoms with Gasteiger partial charge in [0.2, 0.25) is 0 Å². The molecule has 4 nitrogen and oxygen atoms in total. The van der Waals surface area contributed by atoms with Gasteiger partial charge < -0.3 is 5.73 Å². The van der Waals surface area contributed by atoms with Crippen molar-refractivity contribution in [2.75, 3.05) is 6.54 Å². The number of benzene rings is 1. The summed E-state index contributed by atoms with van der Waals surface area (Å²) in [5.74, 6) is 0. The fourth-order valence-corrected chi connectivity index (χ4v) is 1.69. The van der Waals surface area contributed by atoms with Crippen molar-refractivity contribution in [2.45, 2.75) is 13.0 Å². The Morgan fingerprint density at radius 3 is 3.07 bits per heavy atom. The van der Waals surface area contributed by atoms with Gasteiger partial charge in [0.15, 0.2) is 0 Å². The maximum absolute atomic E-state index is 5.45. The van der Waals surface area contributed by atoms with E-state index in [1.165, 1.54) is 0 Å².